The van der Waals surface area contributed by atoms with Crippen molar-refractivity contribution < 1.29 is 9.53 Å². The van der Waals surface area contributed by atoms with Gasteiger partial charge >= 0.3 is 6.09 Å². The van der Waals surface area contributed by atoms with Crippen molar-refractivity contribution in [3.63, 3.8) is 0 Å². The number of nitrogens with one attached hydrogen (secondary N) is 1. The van der Waals surface area contributed by atoms with Crippen LogP contribution in [0.1, 0.15) is 33.6 Å². The summed E-state index contributed by atoms with van der Waals surface area (Å²) in [6.07, 6.45) is 0.967. The molecule has 0 fully saturated rings. The highest BCUT2D eigenvalue weighted by atomic mass is 28.3. The summed E-state index contributed by atoms with van der Waals surface area (Å²) in [5, 5.41) is 9.28. The Morgan fingerprint density at radius 3 is 2.07 bits per heavy atom. The molecule has 2 rings (SSSR count). The lowest BCUT2D eigenvalue weighted by Crippen LogP contribution is -2.69. The van der Waals surface area contributed by atoms with Crippen molar-refractivity contribution in [1.82, 2.24) is 5.32 Å². The Labute approximate surface area is 173 Å². The van der Waals surface area contributed by atoms with Gasteiger partial charge in [-0.15, -0.1) is 0 Å². The van der Waals surface area contributed by atoms with E-state index in [1.54, 1.807) is 0 Å². The zero-order valence-electron chi connectivity index (χ0n) is 17.6. The highest BCUT2D eigenvalue weighted by Gasteiger charge is 2.41. The first-order chi connectivity index (χ1) is 13.8. The fourth-order valence-corrected chi connectivity index (χ4v) is 7.60. The Morgan fingerprint density at radius 2 is 1.62 bits per heavy atom. The molecule has 7 heteroatoms. The fourth-order valence-electron chi connectivity index (χ4n) is 3.50. The van der Waals surface area contributed by atoms with Crippen LogP contribution in [0.5, 0.6) is 0 Å². The molecule has 0 aromatic heterocycles. The lowest BCUT2D eigenvalue weighted by atomic mass is 10.2. The highest BCUT2D eigenvalue weighted by Crippen LogP contribution is 2.17. The maximum Gasteiger partial charge on any atom is 0.407 e. The van der Waals surface area contributed by atoms with Gasteiger partial charge in [0, 0.05) is 17.1 Å². The number of ether oxygens (including phenoxy) is 1. The van der Waals surface area contributed by atoms with Crippen LogP contribution in [0.25, 0.3) is 10.4 Å². The minimum absolute atomic E-state index is 0.115. The van der Waals surface area contributed by atoms with E-state index in [9.17, 15) is 4.79 Å². The van der Waals surface area contributed by atoms with Crippen molar-refractivity contribution in [2.75, 3.05) is 6.54 Å². The number of alkyl carbamates (subject to hydrolysis) is 1. The molecule has 0 aliphatic rings. The van der Waals surface area contributed by atoms with E-state index in [4.69, 9.17) is 10.3 Å². The molecule has 0 saturated heterocycles. The second-order valence-corrected chi connectivity index (χ2v) is 12.5. The molecule has 0 spiro atoms. The number of carbonyl (C=O) groups is 1. The number of rotatable bonds is 8. The van der Waals surface area contributed by atoms with Gasteiger partial charge in [-0.2, -0.15) is 0 Å². The largest absolute Gasteiger partial charge is 0.444 e. The number of amides is 1. The van der Waals surface area contributed by atoms with Gasteiger partial charge in [0.15, 0.2) is 0 Å². The zero-order chi connectivity index (χ0) is 21.3. The fraction of sp³-hybridized carbons (Fsp3) is 0.409. The Balaban J connectivity index is 2.45. The van der Waals surface area contributed by atoms with Gasteiger partial charge in [0.25, 0.3) is 0 Å². The van der Waals surface area contributed by atoms with Gasteiger partial charge in [-0.25, -0.2) is 4.79 Å². The van der Waals surface area contributed by atoms with E-state index < -0.39 is 19.8 Å². The molecule has 0 unspecified atom stereocenters. The molecule has 1 N–H and O–H groups in total. The van der Waals surface area contributed by atoms with Gasteiger partial charge in [0.05, 0.1) is 0 Å². The van der Waals surface area contributed by atoms with Crippen LogP contribution in [-0.2, 0) is 4.74 Å². The molecule has 0 aliphatic heterocycles. The van der Waals surface area contributed by atoms with Gasteiger partial charge < -0.3 is 10.1 Å². The number of nitrogens with zero attached hydrogens (tertiary/aromatic N) is 3. The van der Waals surface area contributed by atoms with Crippen LogP contribution in [0.4, 0.5) is 4.79 Å². The van der Waals surface area contributed by atoms with Gasteiger partial charge in [-0.05, 0) is 39.1 Å². The highest BCUT2D eigenvalue weighted by molar-refractivity contribution is 7.02. The van der Waals surface area contributed by atoms with Crippen LogP contribution in [0.15, 0.2) is 65.8 Å². The molecule has 0 heterocycles. The first-order valence-electron chi connectivity index (χ1n) is 9.89. The number of hydrogen-bond acceptors (Lipinski definition) is 3. The summed E-state index contributed by atoms with van der Waals surface area (Å²) in [5.74, 6) is 0. The molecule has 1 atom stereocenters. The number of hydrogen-bond donors (Lipinski definition) is 1. The van der Waals surface area contributed by atoms with Gasteiger partial charge in [0.1, 0.15) is 13.7 Å². The summed E-state index contributed by atoms with van der Waals surface area (Å²) in [7, 11) is -2.38. The van der Waals surface area contributed by atoms with Crippen LogP contribution in [-0.4, -0.2) is 32.0 Å². The summed E-state index contributed by atoms with van der Waals surface area (Å²) in [4.78, 5) is 15.5. The van der Waals surface area contributed by atoms with Crippen molar-refractivity contribution >= 4 is 24.5 Å². The third-order valence-electron chi connectivity index (χ3n) is 4.95. The topological polar surface area (TPSA) is 87.1 Å². The molecule has 0 radical (unpaired) electrons. The molecule has 6 nitrogen and oxygen atoms in total. The summed E-state index contributed by atoms with van der Waals surface area (Å²) in [6.45, 7) is 8.24. The summed E-state index contributed by atoms with van der Waals surface area (Å²) < 4.78 is 5.55. The Morgan fingerprint density at radius 1 is 1.10 bits per heavy atom. The molecule has 0 saturated carbocycles. The standard InChI is InChI=1S/C22H30N4O2Si/c1-22(2,3)28-21(27)25-20(16-11-17-24-26-23)29(4,18-12-7-5-8-13-18)19-14-9-6-10-15-19/h5-10,12-15,20H,11,16-17H2,1-4H3,(H,25,27)/t20-/m1/s1. The predicted molar refractivity (Wildman–Crippen MR) is 120 cm³/mol. The molecule has 2 aromatic rings. The van der Waals surface area contributed by atoms with E-state index in [2.05, 4.69) is 46.2 Å². The maximum atomic E-state index is 12.7. The van der Waals surface area contributed by atoms with E-state index in [0.717, 1.165) is 0 Å². The molecular weight excluding hydrogens is 380 g/mol. The van der Waals surface area contributed by atoms with Crippen LogP contribution in [0, 0.1) is 0 Å². The number of azide groups is 1. The van der Waals surface area contributed by atoms with E-state index in [0.29, 0.717) is 19.4 Å². The minimum atomic E-state index is -2.38. The molecule has 29 heavy (non-hydrogen) atoms. The molecule has 2 aromatic carbocycles. The average molecular weight is 411 g/mol. The normalized spacial score (nSPS) is 12.6. The summed E-state index contributed by atoms with van der Waals surface area (Å²) in [6, 6.07) is 20.7. The Kier molecular flexibility index (Phi) is 7.88. The van der Waals surface area contributed by atoms with Gasteiger partial charge in [-0.3, -0.25) is 0 Å². The molecule has 154 valence electrons. The first kappa shape index (κ1) is 22.5. The molecule has 1 amide bonds. The Bertz CT molecular complexity index is 791. The van der Waals surface area contributed by atoms with Crippen molar-refractivity contribution in [2.45, 2.75) is 51.4 Å². The monoisotopic (exact) mass is 410 g/mol. The Hall–Kier alpha value is -2.76. The van der Waals surface area contributed by atoms with Crippen LogP contribution < -0.4 is 15.7 Å². The average Bonchev–Trinajstić information content (AvgIpc) is 2.69. The predicted octanol–water partition coefficient (Wildman–Crippen LogP) is 4.40. The van der Waals surface area contributed by atoms with Crippen molar-refractivity contribution in [3.8, 4) is 0 Å². The molecule has 0 bridgehead atoms. The second-order valence-electron chi connectivity index (χ2n) is 8.23. The van der Waals surface area contributed by atoms with E-state index in [1.807, 2.05) is 57.2 Å². The van der Waals surface area contributed by atoms with E-state index in [-0.39, 0.29) is 5.67 Å². The lowest BCUT2D eigenvalue weighted by Gasteiger charge is -2.38. The number of carbonyl (C=O) groups excluding carboxylic acids is 1. The smallest absolute Gasteiger partial charge is 0.407 e. The lowest BCUT2D eigenvalue weighted by molar-refractivity contribution is 0.0517. The van der Waals surface area contributed by atoms with Crippen LogP contribution >= 0.6 is 0 Å². The van der Waals surface area contributed by atoms with Crippen LogP contribution in [0.3, 0.4) is 0 Å². The minimum Gasteiger partial charge on any atom is -0.444 e. The van der Waals surface area contributed by atoms with Crippen molar-refractivity contribution in [2.24, 2.45) is 5.11 Å². The van der Waals surface area contributed by atoms with Crippen molar-refractivity contribution in [3.05, 3.63) is 71.1 Å². The van der Waals surface area contributed by atoms with E-state index in [1.165, 1.54) is 10.4 Å². The SMILES string of the molecule is CC(C)(C)OC(=O)N[C@@H](CCCN=[N+]=[N-])[Si](C)(c1ccccc1)c1ccccc1. The van der Waals surface area contributed by atoms with Gasteiger partial charge in [0.2, 0.25) is 0 Å². The number of benzene rings is 2. The van der Waals surface area contributed by atoms with Gasteiger partial charge in [-0.1, -0.05) is 82.7 Å². The zero-order valence-corrected chi connectivity index (χ0v) is 18.6. The summed E-state index contributed by atoms with van der Waals surface area (Å²) in [5.41, 5.74) is 7.91. The second kappa shape index (κ2) is 10.1. The quantitative estimate of drug-likeness (QED) is 0.230. The third-order valence-corrected chi connectivity index (χ3v) is 9.84. The third kappa shape index (κ3) is 6.37. The van der Waals surface area contributed by atoms with Crippen molar-refractivity contribution in [1.29, 1.82) is 0 Å². The molecule has 0 aliphatic carbocycles. The first-order valence-corrected chi connectivity index (χ1v) is 12.5. The van der Waals surface area contributed by atoms with E-state index >= 15 is 0 Å². The maximum absolute atomic E-state index is 12.7. The summed E-state index contributed by atoms with van der Waals surface area (Å²) >= 11 is 0. The molecular formula is C22H30N4O2Si. The van der Waals surface area contributed by atoms with Crippen LogP contribution in [0.2, 0.25) is 6.55 Å².